The van der Waals surface area contributed by atoms with Crippen LogP contribution >= 0.6 is 9.30 Å². The third-order valence-electron chi connectivity index (χ3n) is 0.731. The van der Waals surface area contributed by atoms with Crippen molar-refractivity contribution in [2.75, 3.05) is 21.3 Å². The van der Waals surface area contributed by atoms with E-state index in [0.29, 0.717) is 0 Å². The van der Waals surface area contributed by atoms with Crippen LogP contribution in [0.3, 0.4) is 0 Å². The minimum Gasteiger partial charge on any atom is 0 e. The average Bonchev–Trinajstić information content (AvgIpc) is 1.87. The van der Waals surface area contributed by atoms with Crippen LogP contribution in [0.4, 0.5) is 0 Å². The van der Waals surface area contributed by atoms with Gasteiger partial charge in [0.2, 0.25) is 0 Å². The van der Waals surface area contributed by atoms with E-state index in [1.807, 2.05) is 0 Å². The van der Waals surface area contributed by atoms with Crippen molar-refractivity contribution in [3.8, 4) is 0 Å². The Kier molecular flexibility index (Phi) is 9.27. The first-order chi connectivity index (χ1) is 3.68. The number of hydrogen-bond donors (Lipinski definition) is 0. The molecule has 54 valence electrons. The van der Waals surface area contributed by atoms with Crippen LogP contribution < -0.4 is 0 Å². The summed E-state index contributed by atoms with van der Waals surface area (Å²) in [7, 11) is 10.0. The first-order valence-electron chi connectivity index (χ1n) is 2.03. The van der Waals surface area contributed by atoms with Crippen LogP contribution in [0, 0.1) is 0 Å². The van der Waals surface area contributed by atoms with E-state index < -0.39 is 16.7 Å². The molecule has 0 heterocycles. The van der Waals surface area contributed by atoms with E-state index in [1.54, 1.807) is 0 Å². The summed E-state index contributed by atoms with van der Waals surface area (Å²) in [5, 5.41) is 0. The van der Waals surface area contributed by atoms with Crippen molar-refractivity contribution in [1.82, 2.24) is 0 Å². The molecule has 0 aromatic rings. The molecule has 0 aliphatic heterocycles. The van der Waals surface area contributed by atoms with Crippen molar-refractivity contribution in [2.24, 2.45) is 0 Å². The zero-order valence-corrected chi connectivity index (χ0v) is 9.48. The monoisotopic (exact) mass is 224 g/mol. The number of hydrogen-bond acceptors (Lipinski definition) is 3. The van der Waals surface area contributed by atoms with Crippen LogP contribution in [0.1, 0.15) is 0 Å². The van der Waals surface area contributed by atoms with Gasteiger partial charge in [0, 0.05) is 21.7 Å². The van der Waals surface area contributed by atoms with Gasteiger partial charge in [-0.05, 0) is 0 Å². The van der Waals surface area contributed by atoms with E-state index in [0.717, 1.165) is 0 Å². The van der Waals surface area contributed by atoms with E-state index >= 15 is 0 Å². The van der Waals surface area contributed by atoms with Gasteiger partial charge >= 0.3 is 57.3 Å². The van der Waals surface area contributed by atoms with Crippen molar-refractivity contribution in [1.29, 1.82) is 0 Å². The summed E-state index contributed by atoms with van der Waals surface area (Å²) in [5.74, 6) is 0. The van der Waals surface area contributed by atoms with Gasteiger partial charge in [0.25, 0.3) is 0 Å². The fourth-order valence-electron chi connectivity index (χ4n) is 0.250. The van der Waals surface area contributed by atoms with Gasteiger partial charge in [-0.15, -0.1) is 0 Å². The Balaban J connectivity index is 0. The summed E-state index contributed by atoms with van der Waals surface area (Å²) >= 11 is -3.15. The van der Waals surface area contributed by atoms with Gasteiger partial charge in [0.15, 0.2) is 0 Å². The molecule has 0 rings (SSSR count). The molecular formula is C3H9ClO3Ti2. The molecule has 0 aliphatic carbocycles. The molecule has 0 aromatic carbocycles. The second-order valence-corrected chi connectivity index (χ2v) is 6.42. The molecule has 0 saturated carbocycles. The molecule has 0 amide bonds. The number of rotatable bonds is 3. The molecule has 0 N–H and O–H groups in total. The molecular weight excluding hydrogens is 215 g/mol. The van der Waals surface area contributed by atoms with Crippen LogP contribution in [0.2, 0.25) is 0 Å². The standard InChI is InChI=1S/3CH3O.ClH.2Ti/c3*1-2;;;/h3*1H3;1H;;/q3*-1;;;+4/p-1. The van der Waals surface area contributed by atoms with Crippen molar-refractivity contribution >= 4 is 9.30 Å². The topological polar surface area (TPSA) is 27.7 Å². The van der Waals surface area contributed by atoms with Gasteiger partial charge in [-0.2, -0.15) is 0 Å². The van der Waals surface area contributed by atoms with Crippen molar-refractivity contribution in [3.05, 3.63) is 0 Å². The largest absolute Gasteiger partial charge is 0 e. The van der Waals surface area contributed by atoms with Gasteiger partial charge in [-0.25, -0.2) is 0 Å². The van der Waals surface area contributed by atoms with Crippen molar-refractivity contribution < 1.29 is 48.4 Å². The summed E-state index contributed by atoms with van der Waals surface area (Å²) < 4.78 is 14.2. The van der Waals surface area contributed by atoms with Crippen LogP contribution in [-0.4, -0.2) is 21.3 Å². The van der Waals surface area contributed by atoms with E-state index in [9.17, 15) is 0 Å². The van der Waals surface area contributed by atoms with E-state index in [2.05, 4.69) is 0 Å². The molecule has 0 bridgehead atoms. The summed E-state index contributed by atoms with van der Waals surface area (Å²) in [5.41, 5.74) is 0. The third kappa shape index (κ3) is 4.93. The zero-order chi connectivity index (χ0) is 6.62. The molecule has 3 nitrogen and oxygen atoms in total. The minimum atomic E-state index is -3.15. The average molecular weight is 224 g/mol. The van der Waals surface area contributed by atoms with Crippen LogP contribution in [0.15, 0.2) is 0 Å². The smallest absolute Gasteiger partial charge is 0 e. The Morgan fingerprint density at radius 1 is 1.00 bits per heavy atom. The molecule has 0 unspecified atom stereocenters. The van der Waals surface area contributed by atoms with Gasteiger partial charge in [0.1, 0.15) is 0 Å². The van der Waals surface area contributed by atoms with Crippen LogP contribution in [0.25, 0.3) is 0 Å². The maximum Gasteiger partial charge on any atom is 0 e. The summed E-state index contributed by atoms with van der Waals surface area (Å²) in [6.45, 7) is 0. The molecule has 0 atom stereocenters. The van der Waals surface area contributed by atoms with Crippen molar-refractivity contribution in [2.45, 2.75) is 0 Å². The minimum absolute atomic E-state index is 0. The SMILES string of the molecule is C[O][Ti]([Cl])([O]C)[O]C.[Ti]. The zero-order valence-electron chi connectivity index (χ0n) is 5.60. The Hall–Kier alpha value is 1.60. The normalized spacial score (nSPS) is 10.7. The van der Waals surface area contributed by atoms with E-state index in [-0.39, 0.29) is 21.7 Å². The molecule has 6 heteroatoms. The van der Waals surface area contributed by atoms with Crippen LogP contribution in [0.5, 0.6) is 0 Å². The maximum absolute atomic E-state index is 5.61. The maximum atomic E-state index is 5.61. The molecule has 0 fully saturated rings. The fourth-order valence-corrected chi connectivity index (χ4v) is 1.03. The first kappa shape index (κ1) is 13.2. The third-order valence-corrected chi connectivity index (χ3v) is 4.92. The predicted octanol–water partition coefficient (Wildman–Crippen LogP) is 0.976. The van der Waals surface area contributed by atoms with Gasteiger partial charge in [-0.1, -0.05) is 0 Å². The molecule has 0 saturated heterocycles. The Morgan fingerprint density at radius 2 is 1.22 bits per heavy atom. The summed E-state index contributed by atoms with van der Waals surface area (Å²) in [6.07, 6.45) is 0. The van der Waals surface area contributed by atoms with Gasteiger partial charge in [-0.3, -0.25) is 0 Å². The Morgan fingerprint density at radius 3 is 1.22 bits per heavy atom. The summed E-state index contributed by atoms with van der Waals surface area (Å²) in [4.78, 5) is 0. The fraction of sp³-hybridized carbons (Fsp3) is 1.00. The van der Waals surface area contributed by atoms with E-state index in [1.165, 1.54) is 21.3 Å². The molecule has 0 spiro atoms. The molecule has 0 aromatic heterocycles. The van der Waals surface area contributed by atoms with Gasteiger partial charge in [0.05, 0.1) is 0 Å². The van der Waals surface area contributed by atoms with Crippen molar-refractivity contribution in [3.63, 3.8) is 0 Å². The Labute approximate surface area is 78.5 Å². The summed E-state index contributed by atoms with van der Waals surface area (Å²) in [6, 6.07) is 0. The first-order valence-corrected chi connectivity index (χ1v) is 6.09. The second kappa shape index (κ2) is 6.32. The van der Waals surface area contributed by atoms with Gasteiger partial charge < -0.3 is 0 Å². The Bertz CT molecular complexity index is 59.8. The molecule has 0 radical (unpaired) electrons. The van der Waals surface area contributed by atoms with Crippen LogP contribution in [-0.2, 0) is 48.4 Å². The molecule has 9 heavy (non-hydrogen) atoms. The second-order valence-electron chi connectivity index (χ2n) is 1.09. The predicted molar refractivity (Wildman–Crippen MR) is 26.9 cm³/mol. The van der Waals surface area contributed by atoms with E-state index in [4.69, 9.17) is 19.3 Å². The molecule has 0 aliphatic rings. The quantitative estimate of drug-likeness (QED) is 0.669. The number of halogens is 1.